The van der Waals surface area contributed by atoms with E-state index in [0.717, 1.165) is 36.4 Å². The molecule has 1 saturated carbocycles. The van der Waals surface area contributed by atoms with E-state index < -0.39 is 5.60 Å². The van der Waals surface area contributed by atoms with Gasteiger partial charge in [-0.3, -0.25) is 0 Å². The van der Waals surface area contributed by atoms with Gasteiger partial charge in [0.05, 0.1) is 10.7 Å². The Labute approximate surface area is 137 Å². The number of halogens is 1. The smallest absolute Gasteiger partial charge is 0.407 e. The molecular formula is C17H25ClN2O2. The fourth-order valence-corrected chi connectivity index (χ4v) is 2.91. The lowest BCUT2D eigenvalue weighted by Gasteiger charge is -2.31. The summed E-state index contributed by atoms with van der Waals surface area (Å²) >= 11 is 6.18. The molecule has 0 aromatic heterocycles. The van der Waals surface area contributed by atoms with Crippen LogP contribution in [0.1, 0.15) is 46.5 Å². The number of para-hydroxylation sites is 1. The predicted octanol–water partition coefficient (Wildman–Crippen LogP) is 4.59. The van der Waals surface area contributed by atoms with Crippen molar-refractivity contribution in [3.8, 4) is 0 Å². The van der Waals surface area contributed by atoms with Crippen molar-refractivity contribution >= 4 is 23.4 Å². The molecule has 2 rings (SSSR count). The van der Waals surface area contributed by atoms with E-state index in [4.69, 9.17) is 16.3 Å². The zero-order valence-corrected chi connectivity index (χ0v) is 14.2. The molecule has 122 valence electrons. The molecule has 2 N–H and O–H groups in total. The largest absolute Gasteiger partial charge is 0.444 e. The van der Waals surface area contributed by atoms with E-state index in [9.17, 15) is 4.79 Å². The van der Waals surface area contributed by atoms with Gasteiger partial charge in [-0.2, -0.15) is 0 Å². The number of ether oxygens (including phenoxy) is 1. The van der Waals surface area contributed by atoms with Crippen molar-refractivity contribution in [2.24, 2.45) is 0 Å². The van der Waals surface area contributed by atoms with Gasteiger partial charge in [-0.05, 0) is 58.6 Å². The van der Waals surface area contributed by atoms with Gasteiger partial charge in [0.1, 0.15) is 5.60 Å². The monoisotopic (exact) mass is 324 g/mol. The van der Waals surface area contributed by atoms with Crippen LogP contribution in [0, 0.1) is 0 Å². The van der Waals surface area contributed by atoms with E-state index in [1.54, 1.807) is 0 Å². The second-order valence-corrected chi connectivity index (χ2v) is 7.24. The van der Waals surface area contributed by atoms with Crippen molar-refractivity contribution in [2.45, 2.75) is 64.1 Å². The van der Waals surface area contributed by atoms with Gasteiger partial charge in [0.2, 0.25) is 0 Å². The Morgan fingerprint density at radius 2 is 1.91 bits per heavy atom. The third-order valence-corrected chi connectivity index (χ3v) is 3.96. The number of anilines is 1. The van der Waals surface area contributed by atoms with Crippen molar-refractivity contribution in [3.05, 3.63) is 29.3 Å². The molecule has 1 fully saturated rings. The number of carbonyl (C=O) groups excluding carboxylic acids is 1. The molecule has 0 spiro atoms. The van der Waals surface area contributed by atoms with E-state index in [2.05, 4.69) is 10.6 Å². The maximum Gasteiger partial charge on any atom is 0.407 e. The van der Waals surface area contributed by atoms with E-state index in [1.807, 2.05) is 45.0 Å². The van der Waals surface area contributed by atoms with E-state index in [1.165, 1.54) is 0 Å². The zero-order chi connectivity index (χ0) is 16.2. The molecule has 0 saturated heterocycles. The number of hydrogen-bond donors (Lipinski definition) is 2. The number of rotatable bonds is 3. The van der Waals surface area contributed by atoms with Crippen LogP contribution in [0.4, 0.5) is 10.5 Å². The standard InChI is InChI=1S/C17H25ClN2O2/c1-17(2,3)22-16(21)20-13-8-6-7-12(11-13)19-15-10-5-4-9-14(15)18/h4-5,9-10,12-13,19H,6-8,11H2,1-3H3,(H,20,21). The van der Waals surface area contributed by atoms with Gasteiger partial charge in [0, 0.05) is 12.1 Å². The summed E-state index contributed by atoms with van der Waals surface area (Å²) in [5.74, 6) is 0. The summed E-state index contributed by atoms with van der Waals surface area (Å²) in [6, 6.07) is 8.20. The number of benzene rings is 1. The molecule has 1 aromatic carbocycles. The minimum atomic E-state index is -0.464. The minimum Gasteiger partial charge on any atom is -0.444 e. The van der Waals surface area contributed by atoms with Crippen molar-refractivity contribution in [3.63, 3.8) is 0 Å². The van der Waals surface area contributed by atoms with Gasteiger partial charge < -0.3 is 15.4 Å². The second kappa shape index (κ2) is 7.23. The number of hydrogen-bond acceptors (Lipinski definition) is 3. The Hall–Kier alpha value is -1.42. The van der Waals surface area contributed by atoms with Gasteiger partial charge in [-0.1, -0.05) is 23.7 Å². The molecule has 2 unspecified atom stereocenters. The molecule has 2 atom stereocenters. The van der Waals surface area contributed by atoms with Crippen LogP contribution < -0.4 is 10.6 Å². The van der Waals surface area contributed by atoms with Crippen LogP contribution in [0.3, 0.4) is 0 Å². The number of carbonyl (C=O) groups is 1. The minimum absolute atomic E-state index is 0.142. The highest BCUT2D eigenvalue weighted by Crippen LogP contribution is 2.26. The Morgan fingerprint density at radius 1 is 1.23 bits per heavy atom. The summed E-state index contributed by atoms with van der Waals surface area (Å²) in [4.78, 5) is 11.9. The summed E-state index contributed by atoms with van der Waals surface area (Å²) in [7, 11) is 0. The first-order chi connectivity index (χ1) is 10.3. The Morgan fingerprint density at radius 3 is 2.59 bits per heavy atom. The van der Waals surface area contributed by atoms with Crippen molar-refractivity contribution < 1.29 is 9.53 Å². The highest BCUT2D eigenvalue weighted by Gasteiger charge is 2.25. The quantitative estimate of drug-likeness (QED) is 0.855. The fraction of sp³-hybridized carbons (Fsp3) is 0.588. The second-order valence-electron chi connectivity index (χ2n) is 6.83. The third-order valence-electron chi connectivity index (χ3n) is 3.63. The molecule has 0 radical (unpaired) electrons. The zero-order valence-electron chi connectivity index (χ0n) is 13.5. The number of nitrogens with one attached hydrogen (secondary N) is 2. The van der Waals surface area contributed by atoms with Gasteiger partial charge in [0.25, 0.3) is 0 Å². The van der Waals surface area contributed by atoms with Crippen molar-refractivity contribution in [1.29, 1.82) is 0 Å². The summed E-state index contributed by atoms with van der Waals surface area (Å²) < 4.78 is 5.32. The van der Waals surface area contributed by atoms with Gasteiger partial charge in [0.15, 0.2) is 0 Å². The van der Waals surface area contributed by atoms with Crippen LogP contribution in [0.15, 0.2) is 24.3 Å². The maximum absolute atomic E-state index is 11.9. The Balaban J connectivity index is 1.87. The first-order valence-electron chi connectivity index (χ1n) is 7.84. The Kier molecular flexibility index (Phi) is 5.57. The lowest BCUT2D eigenvalue weighted by atomic mass is 9.91. The lowest BCUT2D eigenvalue weighted by molar-refractivity contribution is 0.0492. The summed E-state index contributed by atoms with van der Waals surface area (Å²) in [6.07, 6.45) is 3.68. The molecule has 1 aliphatic rings. The third kappa shape index (κ3) is 5.41. The molecule has 0 bridgehead atoms. The first kappa shape index (κ1) is 16.9. The molecule has 4 nitrogen and oxygen atoms in total. The summed E-state index contributed by atoms with van der Waals surface area (Å²) in [5, 5.41) is 7.17. The van der Waals surface area contributed by atoms with Crippen LogP contribution in [-0.2, 0) is 4.74 Å². The molecular weight excluding hydrogens is 300 g/mol. The van der Waals surface area contributed by atoms with E-state index in [0.29, 0.717) is 6.04 Å². The first-order valence-corrected chi connectivity index (χ1v) is 8.22. The predicted molar refractivity (Wildman–Crippen MR) is 90.5 cm³/mol. The SMILES string of the molecule is CC(C)(C)OC(=O)NC1CCCC(Nc2ccccc2Cl)C1. The van der Waals surface area contributed by atoms with Crippen LogP contribution in [0.2, 0.25) is 5.02 Å². The van der Waals surface area contributed by atoms with Gasteiger partial charge in [-0.15, -0.1) is 0 Å². The number of alkyl carbamates (subject to hydrolysis) is 1. The molecule has 1 aliphatic carbocycles. The molecule has 1 amide bonds. The molecule has 0 heterocycles. The highest BCUT2D eigenvalue weighted by molar-refractivity contribution is 6.33. The van der Waals surface area contributed by atoms with Crippen LogP contribution in [0.5, 0.6) is 0 Å². The van der Waals surface area contributed by atoms with Crippen molar-refractivity contribution in [1.82, 2.24) is 5.32 Å². The van der Waals surface area contributed by atoms with Crippen LogP contribution in [-0.4, -0.2) is 23.8 Å². The lowest BCUT2D eigenvalue weighted by Crippen LogP contribution is -2.43. The highest BCUT2D eigenvalue weighted by atomic mass is 35.5. The van der Waals surface area contributed by atoms with Crippen molar-refractivity contribution in [2.75, 3.05) is 5.32 Å². The van der Waals surface area contributed by atoms with Crippen LogP contribution in [0.25, 0.3) is 0 Å². The van der Waals surface area contributed by atoms with E-state index >= 15 is 0 Å². The molecule has 1 aromatic rings. The summed E-state index contributed by atoms with van der Waals surface area (Å²) in [5.41, 5.74) is 0.487. The molecule has 22 heavy (non-hydrogen) atoms. The fourth-order valence-electron chi connectivity index (χ4n) is 2.72. The van der Waals surface area contributed by atoms with Gasteiger partial charge in [-0.25, -0.2) is 4.79 Å². The normalized spacial score (nSPS) is 22.0. The Bertz CT molecular complexity index is 514. The molecule has 0 aliphatic heterocycles. The summed E-state index contributed by atoms with van der Waals surface area (Å²) in [6.45, 7) is 5.61. The average molecular weight is 325 g/mol. The van der Waals surface area contributed by atoms with Crippen LogP contribution >= 0.6 is 11.6 Å². The number of amides is 1. The van der Waals surface area contributed by atoms with E-state index in [-0.39, 0.29) is 12.1 Å². The average Bonchev–Trinajstić information content (AvgIpc) is 2.39. The van der Waals surface area contributed by atoms with Gasteiger partial charge >= 0.3 is 6.09 Å². The topological polar surface area (TPSA) is 50.4 Å². The molecule has 5 heteroatoms. The maximum atomic E-state index is 11.9.